The Morgan fingerprint density at radius 3 is 2.64 bits per heavy atom. The van der Waals surface area contributed by atoms with E-state index in [9.17, 15) is 0 Å². The maximum absolute atomic E-state index is 8.26. The van der Waals surface area contributed by atoms with E-state index in [4.69, 9.17) is 21.9 Å². The molecule has 0 radical (unpaired) electrons. The number of nitrogens with one attached hydrogen (secondary N) is 2. The summed E-state index contributed by atoms with van der Waals surface area (Å²) in [4.78, 5) is 5.04. The molecule has 0 saturated carbocycles. The first-order chi connectivity index (χ1) is 13.5. The number of nitrogens with zero attached hydrogens (tertiary/aromatic N) is 2. The lowest BCUT2D eigenvalue weighted by Gasteiger charge is -2.23. The quantitative estimate of drug-likeness (QED) is 0.312. The van der Waals surface area contributed by atoms with Crippen LogP contribution in [0.2, 0.25) is 0 Å². The van der Waals surface area contributed by atoms with Crippen LogP contribution >= 0.6 is 0 Å². The highest BCUT2D eigenvalue weighted by Crippen LogP contribution is 2.38. The normalized spacial score (nSPS) is 13.8. The fourth-order valence-electron chi connectivity index (χ4n) is 4.46. The third-order valence-corrected chi connectivity index (χ3v) is 5.74. The van der Waals surface area contributed by atoms with Gasteiger partial charge in [0.15, 0.2) is 5.82 Å². The number of nitrogens with two attached hydrogens (primary N) is 2. The second kappa shape index (κ2) is 6.05. The van der Waals surface area contributed by atoms with Crippen molar-refractivity contribution in [2.24, 2.45) is 0 Å². The standard InChI is InChI=1S/C22H22N6/c1-11(23)19-16(24)7-9-18-20(19)13-4-2-3-5-14(13)21(26-18)12-6-8-17-15(10-12)22(25)28-27-17/h6-10,23H,2-5,24H2,1H3,(H3,25,27,28). The monoisotopic (exact) mass is 370 g/mol. The predicted octanol–water partition coefficient (Wildman–Crippen LogP) is 4.21. The molecule has 0 saturated heterocycles. The van der Waals surface area contributed by atoms with Crippen LogP contribution in [0.1, 0.15) is 36.5 Å². The molecule has 2 aromatic heterocycles. The summed E-state index contributed by atoms with van der Waals surface area (Å²) in [7, 11) is 0. The highest BCUT2D eigenvalue weighted by atomic mass is 15.1. The number of anilines is 2. The van der Waals surface area contributed by atoms with Gasteiger partial charge in [-0.05, 0) is 68.0 Å². The van der Waals surface area contributed by atoms with Crippen LogP contribution in [-0.2, 0) is 12.8 Å². The van der Waals surface area contributed by atoms with Crippen molar-refractivity contribution in [1.82, 2.24) is 15.2 Å². The van der Waals surface area contributed by atoms with Gasteiger partial charge >= 0.3 is 0 Å². The molecule has 2 aromatic carbocycles. The zero-order valence-electron chi connectivity index (χ0n) is 15.8. The molecular weight excluding hydrogens is 348 g/mol. The van der Waals surface area contributed by atoms with Crippen LogP contribution < -0.4 is 11.5 Å². The Morgan fingerprint density at radius 1 is 1.07 bits per heavy atom. The molecule has 0 amide bonds. The Kier molecular flexibility index (Phi) is 3.62. The minimum atomic E-state index is 0.484. The van der Waals surface area contributed by atoms with Crippen LogP contribution in [0.15, 0.2) is 30.3 Å². The van der Waals surface area contributed by atoms with E-state index in [-0.39, 0.29) is 0 Å². The van der Waals surface area contributed by atoms with Gasteiger partial charge in [-0.15, -0.1) is 0 Å². The van der Waals surface area contributed by atoms with Gasteiger partial charge in [0, 0.05) is 33.3 Å². The van der Waals surface area contributed by atoms with Crippen molar-refractivity contribution in [2.45, 2.75) is 32.6 Å². The van der Waals surface area contributed by atoms with Gasteiger partial charge in [0.05, 0.1) is 16.7 Å². The third kappa shape index (κ3) is 2.37. The van der Waals surface area contributed by atoms with Crippen LogP contribution in [0.25, 0.3) is 33.1 Å². The van der Waals surface area contributed by atoms with Gasteiger partial charge in [-0.1, -0.05) is 6.07 Å². The number of aryl methyl sites for hydroxylation is 1. The Hall–Kier alpha value is -3.41. The highest BCUT2D eigenvalue weighted by Gasteiger charge is 2.23. The van der Waals surface area contributed by atoms with Crippen molar-refractivity contribution in [3.8, 4) is 11.3 Å². The lowest BCUT2D eigenvalue weighted by Crippen LogP contribution is -2.11. The van der Waals surface area contributed by atoms with E-state index in [1.807, 2.05) is 18.2 Å². The van der Waals surface area contributed by atoms with Crippen molar-refractivity contribution >= 4 is 39.0 Å². The van der Waals surface area contributed by atoms with Gasteiger partial charge < -0.3 is 16.9 Å². The van der Waals surface area contributed by atoms with Gasteiger partial charge in [0.1, 0.15) is 0 Å². The van der Waals surface area contributed by atoms with Gasteiger partial charge in [-0.3, -0.25) is 5.10 Å². The molecule has 28 heavy (non-hydrogen) atoms. The fraction of sp³-hybridized carbons (Fsp3) is 0.227. The molecule has 1 aliphatic rings. The molecule has 0 atom stereocenters. The number of pyridine rings is 1. The molecule has 6 heteroatoms. The van der Waals surface area contributed by atoms with E-state index >= 15 is 0 Å². The number of aromatic amines is 1. The molecule has 0 bridgehead atoms. The summed E-state index contributed by atoms with van der Waals surface area (Å²) < 4.78 is 0. The summed E-state index contributed by atoms with van der Waals surface area (Å²) in [5.74, 6) is 0.501. The van der Waals surface area contributed by atoms with Crippen molar-refractivity contribution in [2.75, 3.05) is 11.5 Å². The van der Waals surface area contributed by atoms with Gasteiger partial charge in [-0.2, -0.15) is 5.10 Å². The summed E-state index contributed by atoms with van der Waals surface area (Å²) in [6, 6.07) is 9.98. The zero-order valence-corrected chi connectivity index (χ0v) is 15.8. The molecule has 6 N–H and O–H groups in total. The van der Waals surface area contributed by atoms with Crippen LogP contribution in [0, 0.1) is 5.41 Å². The van der Waals surface area contributed by atoms with Crippen LogP contribution in [0.5, 0.6) is 0 Å². The lowest BCUT2D eigenvalue weighted by molar-refractivity contribution is 0.689. The minimum Gasteiger partial charge on any atom is -0.398 e. The maximum atomic E-state index is 8.26. The summed E-state index contributed by atoms with van der Waals surface area (Å²) in [5.41, 5.74) is 20.7. The average molecular weight is 370 g/mol. The highest BCUT2D eigenvalue weighted by molar-refractivity contribution is 6.13. The van der Waals surface area contributed by atoms with Crippen LogP contribution in [0.4, 0.5) is 11.5 Å². The van der Waals surface area contributed by atoms with Crippen LogP contribution in [-0.4, -0.2) is 20.9 Å². The topological polar surface area (TPSA) is 117 Å². The predicted molar refractivity (Wildman–Crippen MR) is 115 cm³/mol. The van der Waals surface area contributed by atoms with E-state index in [2.05, 4.69) is 22.3 Å². The second-order valence-electron chi connectivity index (χ2n) is 7.54. The second-order valence-corrected chi connectivity index (χ2v) is 7.54. The first kappa shape index (κ1) is 16.7. The van der Waals surface area contributed by atoms with E-state index in [1.165, 1.54) is 11.1 Å². The minimum absolute atomic E-state index is 0.484. The van der Waals surface area contributed by atoms with Crippen molar-refractivity contribution in [3.05, 3.63) is 47.0 Å². The number of hydrogen-bond acceptors (Lipinski definition) is 5. The van der Waals surface area contributed by atoms with Crippen molar-refractivity contribution in [3.63, 3.8) is 0 Å². The SMILES string of the molecule is CC(=N)c1c(N)ccc2nc(-c3ccc4[nH]nc(N)c4c3)c3c(c12)CCCC3. The molecule has 6 nitrogen and oxygen atoms in total. The van der Waals surface area contributed by atoms with Crippen molar-refractivity contribution in [1.29, 1.82) is 5.41 Å². The number of nitrogen functional groups attached to an aromatic ring is 2. The lowest BCUT2D eigenvalue weighted by atomic mass is 9.84. The number of benzene rings is 2. The van der Waals surface area contributed by atoms with E-state index in [0.717, 1.165) is 64.3 Å². The Labute approximate surface area is 162 Å². The van der Waals surface area contributed by atoms with Crippen LogP contribution in [0.3, 0.4) is 0 Å². The smallest absolute Gasteiger partial charge is 0.153 e. The van der Waals surface area contributed by atoms with Gasteiger partial charge in [-0.25, -0.2) is 4.98 Å². The van der Waals surface area contributed by atoms with Gasteiger partial charge in [0.25, 0.3) is 0 Å². The molecule has 0 aliphatic heterocycles. The molecule has 2 heterocycles. The summed E-state index contributed by atoms with van der Waals surface area (Å²) in [6.45, 7) is 1.80. The number of fused-ring (bicyclic) bond motifs is 4. The number of H-pyrrole nitrogens is 1. The number of hydrogen-bond donors (Lipinski definition) is 4. The molecule has 0 fully saturated rings. The first-order valence-corrected chi connectivity index (χ1v) is 9.58. The molecule has 1 aliphatic carbocycles. The maximum Gasteiger partial charge on any atom is 0.153 e. The average Bonchev–Trinajstić information content (AvgIpc) is 3.07. The molecular formula is C22H22N6. The summed E-state index contributed by atoms with van der Waals surface area (Å²) in [5, 5.41) is 17.3. The van der Waals surface area contributed by atoms with E-state index in [1.54, 1.807) is 6.92 Å². The summed E-state index contributed by atoms with van der Waals surface area (Å²) in [6.07, 6.45) is 4.26. The van der Waals surface area contributed by atoms with E-state index in [0.29, 0.717) is 17.2 Å². The first-order valence-electron chi connectivity index (χ1n) is 9.58. The fourth-order valence-corrected chi connectivity index (χ4v) is 4.46. The molecule has 5 rings (SSSR count). The van der Waals surface area contributed by atoms with Crippen molar-refractivity contribution < 1.29 is 0 Å². The number of aromatic nitrogens is 3. The van der Waals surface area contributed by atoms with Gasteiger partial charge in [0.2, 0.25) is 0 Å². The molecule has 0 spiro atoms. The molecule has 0 unspecified atom stereocenters. The summed E-state index contributed by atoms with van der Waals surface area (Å²) >= 11 is 0. The zero-order chi connectivity index (χ0) is 19.4. The van der Waals surface area contributed by atoms with E-state index < -0.39 is 0 Å². The largest absolute Gasteiger partial charge is 0.398 e. The Morgan fingerprint density at radius 2 is 1.86 bits per heavy atom. The molecule has 4 aromatic rings. The third-order valence-electron chi connectivity index (χ3n) is 5.74. The molecule has 140 valence electrons. The Balaban J connectivity index is 1.86. The Bertz CT molecular complexity index is 1270. The number of rotatable bonds is 2.